The smallest absolute Gasteiger partial charge is 0.0471 e. The molecule has 1 aliphatic rings. The molecule has 1 aliphatic heterocycles. The molecule has 2 aromatic carbocycles. The lowest BCUT2D eigenvalue weighted by atomic mass is 9.92. The Kier molecular flexibility index (Phi) is 5.42. The molecule has 0 radical (unpaired) electrons. The first-order valence-corrected chi connectivity index (χ1v) is 9.91. The van der Waals surface area contributed by atoms with Crippen LogP contribution < -0.4 is 5.32 Å². The van der Waals surface area contributed by atoms with E-state index in [9.17, 15) is 0 Å². The van der Waals surface area contributed by atoms with Crippen molar-refractivity contribution in [3.05, 3.63) is 77.0 Å². The van der Waals surface area contributed by atoms with E-state index in [0.717, 1.165) is 29.9 Å². The largest absolute Gasteiger partial charge is 0.361 e. The fourth-order valence-corrected chi connectivity index (χ4v) is 4.22. The van der Waals surface area contributed by atoms with Crippen molar-refractivity contribution in [2.75, 3.05) is 6.54 Å². The van der Waals surface area contributed by atoms with Gasteiger partial charge in [0.1, 0.15) is 0 Å². The first-order valence-electron chi connectivity index (χ1n) is 9.53. The molecular weight excluding hydrogens is 340 g/mol. The number of aryl methyl sites for hydroxylation is 1. The number of fused-ring (bicyclic) bond motifs is 1. The van der Waals surface area contributed by atoms with Crippen molar-refractivity contribution in [2.45, 2.75) is 38.1 Å². The van der Waals surface area contributed by atoms with Gasteiger partial charge in [0, 0.05) is 34.7 Å². The second kappa shape index (κ2) is 8.11. The minimum absolute atomic E-state index is 0.585. The zero-order valence-electron chi connectivity index (χ0n) is 15.0. The molecule has 4 rings (SSSR count). The predicted molar refractivity (Wildman–Crippen MR) is 112 cm³/mol. The third-order valence-electron chi connectivity index (χ3n) is 5.33. The van der Waals surface area contributed by atoms with Crippen LogP contribution >= 0.6 is 11.6 Å². The van der Waals surface area contributed by atoms with Gasteiger partial charge in [-0.15, -0.1) is 0 Å². The lowest BCUT2D eigenvalue weighted by Gasteiger charge is -2.24. The number of hydrogen-bond acceptors (Lipinski definition) is 1. The maximum absolute atomic E-state index is 6.25. The summed E-state index contributed by atoms with van der Waals surface area (Å²) in [6, 6.07) is 17.6. The summed E-state index contributed by atoms with van der Waals surface area (Å²) in [5.74, 6) is 0. The first-order chi connectivity index (χ1) is 12.8. The molecule has 1 aromatic heterocycles. The normalized spacial score (nSPS) is 17.4. The average molecular weight is 365 g/mol. The van der Waals surface area contributed by atoms with Crippen LogP contribution in [0.25, 0.3) is 16.5 Å². The van der Waals surface area contributed by atoms with Crippen LogP contribution in [0.5, 0.6) is 0 Å². The Bertz CT molecular complexity index is 895. The van der Waals surface area contributed by atoms with E-state index < -0.39 is 0 Å². The maximum atomic E-state index is 6.25. The van der Waals surface area contributed by atoms with E-state index in [1.807, 2.05) is 12.3 Å². The third kappa shape index (κ3) is 4.03. The molecule has 0 amide bonds. The van der Waals surface area contributed by atoms with E-state index in [2.05, 4.69) is 58.8 Å². The van der Waals surface area contributed by atoms with Gasteiger partial charge in [0.2, 0.25) is 0 Å². The van der Waals surface area contributed by atoms with Crippen LogP contribution in [0.4, 0.5) is 0 Å². The summed E-state index contributed by atoms with van der Waals surface area (Å²) in [6.45, 7) is 0.979. The van der Waals surface area contributed by atoms with Crippen molar-refractivity contribution in [2.24, 2.45) is 0 Å². The Morgan fingerprint density at radius 3 is 2.81 bits per heavy atom. The highest BCUT2D eigenvalue weighted by atomic mass is 35.5. The zero-order valence-corrected chi connectivity index (χ0v) is 15.7. The van der Waals surface area contributed by atoms with Crippen molar-refractivity contribution < 1.29 is 0 Å². The number of benzene rings is 2. The molecule has 1 unspecified atom stereocenters. The summed E-state index contributed by atoms with van der Waals surface area (Å²) < 4.78 is 0. The van der Waals surface area contributed by atoms with E-state index in [1.165, 1.54) is 41.3 Å². The molecule has 134 valence electrons. The van der Waals surface area contributed by atoms with Crippen molar-refractivity contribution in [1.29, 1.82) is 0 Å². The number of unbranched alkanes of at least 4 members (excludes halogenated alkanes) is 1. The predicted octanol–water partition coefficient (Wildman–Crippen LogP) is 5.98. The van der Waals surface area contributed by atoms with Crippen LogP contribution in [0.2, 0.25) is 5.02 Å². The van der Waals surface area contributed by atoms with Crippen LogP contribution in [0.15, 0.2) is 60.8 Å². The van der Waals surface area contributed by atoms with Gasteiger partial charge in [-0.1, -0.05) is 54.4 Å². The molecule has 0 aliphatic carbocycles. The lowest BCUT2D eigenvalue weighted by Crippen LogP contribution is -2.32. The zero-order chi connectivity index (χ0) is 17.8. The minimum atomic E-state index is 0.585. The Morgan fingerprint density at radius 2 is 1.92 bits per heavy atom. The summed E-state index contributed by atoms with van der Waals surface area (Å²) in [6.07, 6.45) is 10.2. The molecule has 3 aromatic rings. The quantitative estimate of drug-likeness (QED) is 0.517. The second-order valence-electron chi connectivity index (χ2n) is 7.15. The number of aromatic amines is 1. The SMILES string of the molecule is Clc1cc(CCCCC2CC(c3ccccc3)=CCN2)c2cc[nH]c2c1. The first kappa shape index (κ1) is 17.4. The highest BCUT2D eigenvalue weighted by Crippen LogP contribution is 2.26. The van der Waals surface area contributed by atoms with Crippen LogP contribution in [0.1, 0.15) is 36.8 Å². The van der Waals surface area contributed by atoms with Gasteiger partial charge in [0.25, 0.3) is 0 Å². The van der Waals surface area contributed by atoms with Gasteiger partial charge in [0.15, 0.2) is 0 Å². The fourth-order valence-electron chi connectivity index (χ4n) is 3.98. The molecule has 26 heavy (non-hydrogen) atoms. The third-order valence-corrected chi connectivity index (χ3v) is 5.55. The fraction of sp³-hybridized carbons (Fsp3) is 0.304. The van der Waals surface area contributed by atoms with Crippen LogP contribution in [-0.4, -0.2) is 17.6 Å². The highest BCUT2D eigenvalue weighted by Gasteiger charge is 2.15. The molecule has 1 atom stereocenters. The number of nitrogens with one attached hydrogen (secondary N) is 2. The van der Waals surface area contributed by atoms with E-state index in [1.54, 1.807) is 0 Å². The molecule has 0 bridgehead atoms. The van der Waals surface area contributed by atoms with Gasteiger partial charge >= 0.3 is 0 Å². The van der Waals surface area contributed by atoms with E-state index in [0.29, 0.717) is 6.04 Å². The van der Waals surface area contributed by atoms with Gasteiger partial charge in [-0.05, 0) is 60.6 Å². The Morgan fingerprint density at radius 1 is 1.04 bits per heavy atom. The molecule has 0 fully saturated rings. The molecule has 0 saturated heterocycles. The Hall–Kier alpha value is -2.03. The van der Waals surface area contributed by atoms with Gasteiger partial charge in [-0.25, -0.2) is 0 Å². The Balaban J connectivity index is 1.30. The summed E-state index contributed by atoms with van der Waals surface area (Å²) >= 11 is 6.25. The van der Waals surface area contributed by atoms with Crippen molar-refractivity contribution in [1.82, 2.24) is 10.3 Å². The van der Waals surface area contributed by atoms with Crippen molar-refractivity contribution in [3.63, 3.8) is 0 Å². The molecule has 3 heteroatoms. The van der Waals surface area contributed by atoms with Crippen molar-refractivity contribution in [3.8, 4) is 0 Å². The summed E-state index contributed by atoms with van der Waals surface area (Å²) in [7, 11) is 0. The monoisotopic (exact) mass is 364 g/mol. The van der Waals surface area contributed by atoms with E-state index in [4.69, 9.17) is 11.6 Å². The molecular formula is C23H25ClN2. The van der Waals surface area contributed by atoms with Crippen LogP contribution in [-0.2, 0) is 6.42 Å². The maximum Gasteiger partial charge on any atom is 0.0471 e. The van der Waals surface area contributed by atoms with Gasteiger partial charge in [0.05, 0.1) is 0 Å². The van der Waals surface area contributed by atoms with Gasteiger partial charge < -0.3 is 10.3 Å². The number of halogens is 1. The van der Waals surface area contributed by atoms with E-state index in [-0.39, 0.29) is 0 Å². The number of H-pyrrole nitrogens is 1. The lowest BCUT2D eigenvalue weighted by molar-refractivity contribution is 0.477. The van der Waals surface area contributed by atoms with Crippen LogP contribution in [0.3, 0.4) is 0 Å². The molecule has 2 nitrogen and oxygen atoms in total. The summed E-state index contributed by atoms with van der Waals surface area (Å²) in [5, 5.41) is 5.78. The number of rotatable bonds is 6. The highest BCUT2D eigenvalue weighted by molar-refractivity contribution is 6.31. The molecule has 2 heterocycles. The molecule has 0 spiro atoms. The average Bonchev–Trinajstić information content (AvgIpc) is 3.14. The minimum Gasteiger partial charge on any atom is -0.361 e. The number of aromatic nitrogens is 1. The molecule has 0 saturated carbocycles. The second-order valence-corrected chi connectivity index (χ2v) is 7.59. The van der Waals surface area contributed by atoms with Crippen LogP contribution in [0, 0.1) is 0 Å². The number of hydrogen-bond donors (Lipinski definition) is 2. The van der Waals surface area contributed by atoms with Gasteiger partial charge in [-0.2, -0.15) is 0 Å². The van der Waals surface area contributed by atoms with E-state index >= 15 is 0 Å². The van der Waals surface area contributed by atoms with Gasteiger partial charge in [-0.3, -0.25) is 0 Å². The molecule has 2 N–H and O–H groups in total. The van der Waals surface area contributed by atoms with Crippen molar-refractivity contribution >= 4 is 28.1 Å². The summed E-state index contributed by atoms with van der Waals surface area (Å²) in [5.41, 5.74) is 5.35. The summed E-state index contributed by atoms with van der Waals surface area (Å²) in [4.78, 5) is 3.26. The standard InChI is InChI=1S/C23H25ClN2/c24-20-14-19(22-11-13-26-23(22)16-20)8-4-5-9-21-15-18(10-12-25-21)17-6-2-1-3-7-17/h1-3,6-7,10-11,13-14,16,21,25-26H,4-5,8-9,12,15H2. The topological polar surface area (TPSA) is 27.8 Å². The Labute approximate surface area is 160 Å².